The monoisotopic (exact) mass is 406 g/mol. The van der Waals surface area contributed by atoms with Crippen molar-refractivity contribution in [1.82, 2.24) is 0 Å². The van der Waals surface area contributed by atoms with Crippen LogP contribution in [0.5, 0.6) is 11.5 Å². The van der Waals surface area contributed by atoms with Gasteiger partial charge in [0, 0.05) is 0 Å². The molecule has 6 nitrogen and oxygen atoms in total. The zero-order valence-corrected chi connectivity index (χ0v) is 16.6. The molecule has 0 saturated heterocycles. The minimum Gasteiger partial charge on any atom is -0.490 e. The second kappa shape index (κ2) is 10.7. The molecule has 154 valence electrons. The number of hydrogen-bond donors (Lipinski definition) is 0. The summed E-state index contributed by atoms with van der Waals surface area (Å²) >= 11 is 0. The molecule has 0 spiro atoms. The summed E-state index contributed by atoms with van der Waals surface area (Å²) in [5.74, 6) is 0.278. The molecule has 3 aromatic carbocycles. The smallest absolute Gasteiger partial charge is 0.342 e. The maximum absolute atomic E-state index is 12.5. The molecule has 0 fully saturated rings. The Morgan fingerprint density at radius 3 is 2.13 bits per heavy atom. The van der Waals surface area contributed by atoms with Gasteiger partial charge in [0.05, 0.1) is 12.7 Å². The van der Waals surface area contributed by atoms with Crippen LogP contribution < -0.4 is 9.47 Å². The van der Waals surface area contributed by atoms with Gasteiger partial charge in [-0.1, -0.05) is 42.5 Å². The van der Waals surface area contributed by atoms with E-state index in [9.17, 15) is 9.59 Å². The SMILES string of the molecule is COC(=O)c1ccc(COC(=O)c2ccccc2OCCOc2ccccc2)cc1. The van der Waals surface area contributed by atoms with Crippen molar-refractivity contribution in [3.8, 4) is 11.5 Å². The average molecular weight is 406 g/mol. The van der Waals surface area contributed by atoms with Crippen LogP contribution >= 0.6 is 0 Å². The first-order valence-electron chi connectivity index (χ1n) is 9.41. The molecule has 0 aliphatic heterocycles. The average Bonchev–Trinajstić information content (AvgIpc) is 2.81. The molecule has 0 amide bonds. The highest BCUT2D eigenvalue weighted by Gasteiger charge is 2.14. The second-order valence-electron chi connectivity index (χ2n) is 6.27. The Bertz CT molecular complexity index is 967. The van der Waals surface area contributed by atoms with Gasteiger partial charge < -0.3 is 18.9 Å². The van der Waals surface area contributed by atoms with Gasteiger partial charge in [-0.2, -0.15) is 0 Å². The molecule has 0 aliphatic carbocycles. The molecule has 30 heavy (non-hydrogen) atoms. The molecule has 0 N–H and O–H groups in total. The first kappa shape index (κ1) is 20.9. The number of esters is 2. The largest absolute Gasteiger partial charge is 0.490 e. The van der Waals surface area contributed by atoms with Gasteiger partial charge in [0.15, 0.2) is 0 Å². The number of carbonyl (C=O) groups is 2. The molecule has 0 aromatic heterocycles. The quantitative estimate of drug-likeness (QED) is 0.390. The van der Waals surface area contributed by atoms with Crippen molar-refractivity contribution in [2.24, 2.45) is 0 Å². The van der Waals surface area contributed by atoms with Crippen LogP contribution in [0.3, 0.4) is 0 Å². The number of hydrogen-bond acceptors (Lipinski definition) is 6. The third-order valence-corrected chi connectivity index (χ3v) is 4.20. The second-order valence-corrected chi connectivity index (χ2v) is 6.27. The van der Waals surface area contributed by atoms with Gasteiger partial charge in [0.25, 0.3) is 0 Å². The van der Waals surface area contributed by atoms with E-state index in [0.717, 1.165) is 11.3 Å². The Balaban J connectivity index is 1.52. The van der Waals surface area contributed by atoms with Gasteiger partial charge in [-0.05, 0) is 42.0 Å². The fourth-order valence-corrected chi connectivity index (χ4v) is 2.67. The highest BCUT2D eigenvalue weighted by atomic mass is 16.5. The van der Waals surface area contributed by atoms with E-state index in [1.165, 1.54) is 7.11 Å². The lowest BCUT2D eigenvalue weighted by atomic mass is 10.1. The lowest BCUT2D eigenvalue weighted by Crippen LogP contribution is -2.12. The minimum absolute atomic E-state index is 0.0751. The number of methoxy groups -OCH3 is 1. The number of carbonyl (C=O) groups excluding carboxylic acids is 2. The number of para-hydroxylation sites is 2. The van der Waals surface area contributed by atoms with Crippen molar-refractivity contribution in [3.63, 3.8) is 0 Å². The summed E-state index contributed by atoms with van der Waals surface area (Å²) in [6, 6.07) is 23.0. The van der Waals surface area contributed by atoms with Crippen molar-refractivity contribution in [3.05, 3.63) is 95.6 Å². The Kier molecular flexibility index (Phi) is 7.44. The van der Waals surface area contributed by atoms with Crippen molar-refractivity contribution >= 4 is 11.9 Å². The Morgan fingerprint density at radius 2 is 1.40 bits per heavy atom. The van der Waals surface area contributed by atoms with E-state index in [-0.39, 0.29) is 13.2 Å². The zero-order valence-electron chi connectivity index (χ0n) is 16.6. The van der Waals surface area contributed by atoms with Crippen LogP contribution in [0.4, 0.5) is 0 Å². The van der Waals surface area contributed by atoms with Crippen LogP contribution in [0.25, 0.3) is 0 Å². The summed E-state index contributed by atoms with van der Waals surface area (Å²) in [6.07, 6.45) is 0. The molecular formula is C24H22O6. The van der Waals surface area contributed by atoms with Crippen LogP contribution in [0, 0.1) is 0 Å². The first-order chi connectivity index (χ1) is 14.7. The predicted molar refractivity (Wildman–Crippen MR) is 111 cm³/mol. The molecule has 0 radical (unpaired) electrons. The van der Waals surface area contributed by atoms with E-state index >= 15 is 0 Å². The van der Waals surface area contributed by atoms with E-state index in [2.05, 4.69) is 4.74 Å². The lowest BCUT2D eigenvalue weighted by molar-refractivity contribution is 0.0466. The molecule has 3 rings (SSSR count). The molecular weight excluding hydrogens is 384 g/mol. The summed E-state index contributed by atoms with van der Waals surface area (Å²) in [6.45, 7) is 0.708. The third-order valence-electron chi connectivity index (χ3n) is 4.20. The maximum Gasteiger partial charge on any atom is 0.342 e. The Hall–Kier alpha value is -3.80. The van der Waals surface area contributed by atoms with Crippen LogP contribution in [0.1, 0.15) is 26.3 Å². The number of benzene rings is 3. The Labute approximate surface area is 175 Å². The van der Waals surface area contributed by atoms with Crippen molar-refractivity contribution in [2.75, 3.05) is 20.3 Å². The molecule has 0 atom stereocenters. The van der Waals surface area contributed by atoms with Crippen LogP contribution in [0.15, 0.2) is 78.9 Å². The molecule has 3 aromatic rings. The topological polar surface area (TPSA) is 71.1 Å². The van der Waals surface area contributed by atoms with Crippen LogP contribution in [-0.2, 0) is 16.1 Å². The minimum atomic E-state index is -0.494. The fraction of sp³-hybridized carbons (Fsp3) is 0.167. The van der Waals surface area contributed by atoms with Crippen molar-refractivity contribution in [1.29, 1.82) is 0 Å². The molecule has 0 heterocycles. The van der Waals surface area contributed by atoms with E-state index < -0.39 is 11.9 Å². The highest BCUT2D eigenvalue weighted by molar-refractivity contribution is 5.92. The highest BCUT2D eigenvalue weighted by Crippen LogP contribution is 2.20. The number of rotatable bonds is 9. The van der Waals surface area contributed by atoms with Gasteiger partial charge in [0.1, 0.15) is 36.9 Å². The van der Waals surface area contributed by atoms with E-state index in [0.29, 0.717) is 23.5 Å². The Morgan fingerprint density at radius 1 is 0.733 bits per heavy atom. The number of ether oxygens (including phenoxy) is 4. The van der Waals surface area contributed by atoms with Crippen LogP contribution in [-0.4, -0.2) is 32.3 Å². The molecule has 0 saturated carbocycles. The standard InChI is InChI=1S/C24H22O6/c1-27-23(25)19-13-11-18(12-14-19)17-30-24(26)21-9-5-6-10-22(21)29-16-15-28-20-7-3-2-4-8-20/h2-14H,15-17H2,1H3. The van der Waals surface area contributed by atoms with Gasteiger partial charge in [-0.15, -0.1) is 0 Å². The van der Waals surface area contributed by atoms with Gasteiger partial charge in [-0.3, -0.25) is 0 Å². The summed E-state index contributed by atoms with van der Waals surface area (Å²) < 4.78 is 21.4. The van der Waals surface area contributed by atoms with Crippen LogP contribution in [0.2, 0.25) is 0 Å². The summed E-state index contributed by atoms with van der Waals surface area (Å²) in [7, 11) is 1.32. The molecule has 0 bridgehead atoms. The molecule has 0 aliphatic rings. The lowest BCUT2D eigenvalue weighted by Gasteiger charge is -2.12. The van der Waals surface area contributed by atoms with E-state index in [4.69, 9.17) is 14.2 Å². The van der Waals surface area contributed by atoms with Gasteiger partial charge >= 0.3 is 11.9 Å². The molecule has 0 unspecified atom stereocenters. The normalized spacial score (nSPS) is 10.2. The van der Waals surface area contributed by atoms with E-state index in [1.54, 1.807) is 48.5 Å². The third kappa shape index (κ3) is 5.85. The molecule has 6 heteroatoms. The zero-order chi connectivity index (χ0) is 21.2. The fourth-order valence-electron chi connectivity index (χ4n) is 2.67. The summed E-state index contributed by atoms with van der Waals surface area (Å²) in [5, 5.41) is 0. The van der Waals surface area contributed by atoms with Gasteiger partial charge in [-0.25, -0.2) is 9.59 Å². The predicted octanol–water partition coefficient (Wildman–Crippen LogP) is 4.29. The first-order valence-corrected chi connectivity index (χ1v) is 9.41. The summed E-state index contributed by atoms with van der Waals surface area (Å²) in [4.78, 5) is 24.0. The van der Waals surface area contributed by atoms with Crippen molar-refractivity contribution < 1.29 is 28.5 Å². The van der Waals surface area contributed by atoms with Crippen molar-refractivity contribution in [2.45, 2.75) is 6.61 Å². The summed E-state index contributed by atoms with van der Waals surface area (Å²) in [5.41, 5.74) is 1.53. The van der Waals surface area contributed by atoms with E-state index in [1.807, 2.05) is 30.3 Å². The maximum atomic E-state index is 12.5. The van der Waals surface area contributed by atoms with Gasteiger partial charge in [0.2, 0.25) is 0 Å².